The van der Waals surface area contributed by atoms with Crippen molar-refractivity contribution in [1.82, 2.24) is 10.2 Å². The number of piperidine rings is 1. The molecule has 0 spiro atoms. The Labute approximate surface area is 189 Å². The van der Waals surface area contributed by atoms with Crippen LogP contribution in [0.2, 0.25) is 10.0 Å². The van der Waals surface area contributed by atoms with Crippen molar-refractivity contribution in [1.29, 1.82) is 0 Å². The van der Waals surface area contributed by atoms with Gasteiger partial charge in [-0.3, -0.25) is 9.69 Å². The van der Waals surface area contributed by atoms with E-state index in [0.717, 1.165) is 44.5 Å². The topological polar surface area (TPSA) is 32.3 Å². The molecule has 1 heterocycles. The van der Waals surface area contributed by atoms with Crippen LogP contribution < -0.4 is 5.32 Å². The lowest BCUT2D eigenvalue weighted by Gasteiger charge is -2.32. The van der Waals surface area contributed by atoms with Gasteiger partial charge in [0.05, 0.1) is 6.04 Å². The first-order valence-corrected chi connectivity index (χ1v) is 11.8. The molecule has 0 bridgehead atoms. The fourth-order valence-electron chi connectivity index (χ4n) is 4.70. The number of fused-ring (bicyclic) bond motifs is 1. The lowest BCUT2D eigenvalue weighted by Crippen LogP contribution is -2.41. The maximum Gasteiger partial charge on any atom is 0.223 e. The van der Waals surface area contributed by atoms with Crippen molar-refractivity contribution < 1.29 is 4.79 Å². The molecular weight excluding hydrogens is 415 g/mol. The van der Waals surface area contributed by atoms with E-state index in [1.807, 2.05) is 18.2 Å². The Kier molecular flexibility index (Phi) is 7.02. The van der Waals surface area contributed by atoms with Crippen LogP contribution in [0, 0.1) is 5.92 Å². The molecule has 160 valence electrons. The number of aryl methyl sites for hydroxylation is 2. The van der Waals surface area contributed by atoms with Crippen LogP contribution in [0.3, 0.4) is 0 Å². The molecule has 0 saturated carbocycles. The van der Waals surface area contributed by atoms with Crippen molar-refractivity contribution in [3.63, 3.8) is 0 Å². The molecule has 0 radical (unpaired) electrons. The van der Waals surface area contributed by atoms with Crippen LogP contribution in [0.15, 0.2) is 36.4 Å². The highest BCUT2D eigenvalue weighted by Crippen LogP contribution is 2.29. The molecule has 1 fully saturated rings. The van der Waals surface area contributed by atoms with Gasteiger partial charge in [0.25, 0.3) is 0 Å². The fourth-order valence-corrected chi connectivity index (χ4v) is 5.21. The monoisotopic (exact) mass is 444 g/mol. The summed E-state index contributed by atoms with van der Waals surface area (Å²) in [7, 11) is 0. The molecule has 1 aliphatic carbocycles. The van der Waals surface area contributed by atoms with Gasteiger partial charge in [-0.05, 0) is 87.4 Å². The number of rotatable bonds is 5. The van der Waals surface area contributed by atoms with E-state index in [1.165, 1.54) is 36.0 Å². The first-order valence-electron chi connectivity index (χ1n) is 11.1. The smallest absolute Gasteiger partial charge is 0.223 e. The maximum absolute atomic E-state index is 12.9. The summed E-state index contributed by atoms with van der Waals surface area (Å²) in [6.45, 7) is 4.59. The first kappa shape index (κ1) is 21.7. The molecule has 30 heavy (non-hydrogen) atoms. The van der Waals surface area contributed by atoms with Gasteiger partial charge in [-0.25, -0.2) is 0 Å². The lowest BCUT2D eigenvalue weighted by molar-refractivity contribution is -0.127. The maximum atomic E-state index is 12.9. The molecule has 1 aliphatic heterocycles. The number of amides is 1. The summed E-state index contributed by atoms with van der Waals surface area (Å²) in [6.07, 6.45) is 6.65. The molecule has 2 aromatic rings. The van der Waals surface area contributed by atoms with Crippen LogP contribution in [0.1, 0.15) is 60.9 Å². The zero-order valence-electron chi connectivity index (χ0n) is 17.6. The van der Waals surface area contributed by atoms with Gasteiger partial charge in [-0.15, -0.1) is 0 Å². The van der Waals surface area contributed by atoms with E-state index in [0.29, 0.717) is 10.0 Å². The summed E-state index contributed by atoms with van der Waals surface area (Å²) in [6, 6.07) is 12.4. The highest BCUT2D eigenvalue weighted by atomic mass is 35.5. The van der Waals surface area contributed by atoms with E-state index in [4.69, 9.17) is 23.2 Å². The summed E-state index contributed by atoms with van der Waals surface area (Å²) in [5, 5.41) is 4.67. The molecule has 1 amide bonds. The summed E-state index contributed by atoms with van der Waals surface area (Å²) in [4.78, 5) is 15.2. The largest absolute Gasteiger partial charge is 0.349 e. The van der Waals surface area contributed by atoms with Crippen LogP contribution in [0.25, 0.3) is 0 Å². The van der Waals surface area contributed by atoms with Crippen molar-refractivity contribution in [3.8, 4) is 0 Å². The first-order chi connectivity index (χ1) is 14.5. The van der Waals surface area contributed by atoms with Crippen molar-refractivity contribution in [3.05, 3.63) is 68.7 Å². The highest BCUT2D eigenvalue weighted by molar-refractivity contribution is 6.35. The van der Waals surface area contributed by atoms with Gasteiger partial charge < -0.3 is 5.32 Å². The van der Waals surface area contributed by atoms with E-state index in [-0.39, 0.29) is 17.9 Å². The molecule has 5 heteroatoms. The third-order valence-corrected chi connectivity index (χ3v) is 7.34. The molecule has 2 aliphatic rings. The molecule has 1 saturated heterocycles. The summed E-state index contributed by atoms with van der Waals surface area (Å²) >= 11 is 12.6. The van der Waals surface area contributed by atoms with Gasteiger partial charge in [-0.2, -0.15) is 0 Å². The van der Waals surface area contributed by atoms with Crippen LogP contribution >= 0.6 is 23.2 Å². The Morgan fingerprint density at radius 2 is 1.73 bits per heavy atom. The third kappa shape index (κ3) is 5.01. The molecule has 4 rings (SSSR count). The zero-order chi connectivity index (χ0) is 21.1. The van der Waals surface area contributed by atoms with E-state index in [1.54, 1.807) is 0 Å². The highest BCUT2D eigenvalue weighted by Gasteiger charge is 2.27. The zero-order valence-corrected chi connectivity index (χ0v) is 19.1. The van der Waals surface area contributed by atoms with Crippen molar-refractivity contribution in [2.45, 2.75) is 58.0 Å². The Bertz CT molecular complexity index is 886. The third-order valence-electron chi connectivity index (χ3n) is 6.63. The minimum Gasteiger partial charge on any atom is -0.349 e. The quantitative estimate of drug-likeness (QED) is 0.616. The number of benzene rings is 2. The van der Waals surface area contributed by atoms with Crippen LogP contribution in [0.5, 0.6) is 0 Å². The van der Waals surface area contributed by atoms with Crippen molar-refractivity contribution >= 4 is 29.1 Å². The van der Waals surface area contributed by atoms with E-state index in [2.05, 4.69) is 35.3 Å². The van der Waals surface area contributed by atoms with Crippen molar-refractivity contribution in [2.24, 2.45) is 5.92 Å². The normalized spacial score (nSPS) is 18.6. The second-order valence-corrected chi connectivity index (χ2v) is 9.53. The number of likely N-dealkylation sites (tertiary alicyclic amines) is 1. The summed E-state index contributed by atoms with van der Waals surface area (Å²) < 4.78 is 0. The second kappa shape index (κ2) is 9.72. The molecule has 3 nitrogen and oxygen atoms in total. The lowest BCUT2D eigenvalue weighted by atomic mass is 9.89. The van der Waals surface area contributed by atoms with Gasteiger partial charge in [-0.1, -0.05) is 47.5 Å². The van der Waals surface area contributed by atoms with Gasteiger partial charge in [0, 0.05) is 28.1 Å². The average molecular weight is 445 g/mol. The Morgan fingerprint density at radius 1 is 1.07 bits per heavy atom. The number of nitrogens with zero attached hydrogens (tertiary/aromatic N) is 1. The minimum absolute atomic E-state index is 0.0460. The van der Waals surface area contributed by atoms with E-state index >= 15 is 0 Å². The molecule has 0 aromatic heterocycles. The van der Waals surface area contributed by atoms with Crippen LogP contribution in [-0.2, 0) is 24.2 Å². The van der Waals surface area contributed by atoms with Crippen molar-refractivity contribution in [2.75, 3.05) is 13.1 Å². The van der Waals surface area contributed by atoms with Gasteiger partial charge >= 0.3 is 0 Å². The molecule has 0 unspecified atom stereocenters. The van der Waals surface area contributed by atoms with Gasteiger partial charge in [0.15, 0.2) is 0 Å². The second-order valence-electron chi connectivity index (χ2n) is 8.72. The number of hydrogen-bond donors (Lipinski definition) is 1. The molecular formula is C25H30Cl2N2O. The predicted molar refractivity (Wildman–Crippen MR) is 124 cm³/mol. The minimum atomic E-state index is 0.0460. The number of carbonyl (C=O) groups is 1. The molecule has 1 N–H and O–H groups in total. The van der Waals surface area contributed by atoms with Crippen LogP contribution in [-0.4, -0.2) is 23.9 Å². The van der Waals surface area contributed by atoms with E-state index in [9.17, 15) is 4.79 Å². The molecule has 1 atom stereocenters. The Morgan fingerprint density at radius 3 is 2.43 bits per heavy atom. The number of nitrogens with one attached hydrogen (secondary N) is 1. The summed E-state index contributed by atoms with van der Waals surface area (Å²) in [5.74, 6) is 0.249. The van der Waals surface area contributed by atoms with E-state index < -0.39 is 0 Å². The fraction of sp³-hybridized carbons (Fsp3) is 0.480. The van der Waals surface area contributed by atoms with Gasteiger partial charge in [0.2, 0.25) is 5.91 Å². The number of halogens is 2. The average Bonchev–Trinajstić information content (AvgIpc) is 2.76. The van der Waals surface area contributed by atoms with Gasteiger partial charge in [0.1, 0.15) is 0 Å². The Balaban J connectivity index is 1.30. The Hall–Kier alpha value is -1.55. The standard InChI is InChI=1S/C25H30Cl2N2O/c1-17(20-10-9-18-5-2-3-6-21(18)15-20)28-25(30)19-11-13-29(14-12-19)16-22-23(26)7-4-8-24(22)27/h4,7-10,15,17,19H,2-3,5-6,11-14,16H2,1H3,(H,28,30)/t17-/m1/s1. The predicted octanol–water partition coefficient (Wildman–Crippen LogP) is 5.96. The van der Waals surface area contributed by atoms with Crippen LogP contribution in [0.4, 0.5) is 0 Å². The SMILES string of the molecule is C[C@@H](NC(=O)C1CCN(Cc2c(Cl)cccc2Cl)CC1)c1ccc2c(c1)CCCC2. The molecule has 2 aromatic carbocycles. The number of hydrogen-bond acceptors (Lipinski definition) is 2. The summed E-state index contributed by atoms with van der Waals surface area (Å²) in [5.41, 5.74) is 5.14. The number of carbonyl (C=O) groups excluding carboxylic acids is 1.